The van der Waals surface area contributed by atoms with Crippen molar-refractivity contribution in [3.63, 3.8) is 0 Å². The first-order chi connectivity index (χ1) is 66.9. The fraction of sp³-hybridized carbons (Fsp3) is 0.301. The first-order valence-corrected chi connectivity index (χ1v) is 50.3. The number of hydrazine groups is 1. The zero-order chi connectivity index (χ0) is 111. The van der Waals surface area contributed by atoms with Crippen LogP contribution in [0.15, 0.2) is 253 Å². The number of nitrogens with zero attached hydrogens (tertiary/aromatic N) is 1. The number of aliphatic hydroxyl groups is 1. The Morgan fingerprint density at radius 1 is 0.405 bits per heavy atom. The Kier molecular flexibility index (Phi) is 139. The van der Waals surface area contributed by atoms with E-state index in [-0.39, 0.29) is 237 Å². The topological polar surface area (TPSA) is 692 Å². The van der Waals surface area contributed by atoms with E-state index < -0.39 is 107 Å². The molecule has 11 rings (SSSR count). The quantitative estimate of drug-likeness (QED) is 0.00770. The third kappa shape index (κ3) is 88.8. The summed E-state index contributed by atoms with van der Waals surface area (Å²) in [4.78, 5) is 119. The van der Waals surface area contributed by atoms with Crippen LogP contribution in [0.4, 0.5) is 14.4 Å². The number of alkyl carbamates (subject to hydrolysis) is 1. The molecule has 830 valence electrons. The number of nitrogens with two attached hydrogens (primary N) is 4. The number of benzene rings is 9. The molecule has 9 aromatic rings. The van der Waals surface area contributed by atoms with Crippen molar-refractivity contribution in [2.75, 3.05) is 28.4 Å². The van der Waals surface area contributed by atoms with Gasteiger partial charge in [0.2, 0.25) is 11.1 Å². The molecule has 9 aromatic carbocycles. The monoisotopic (exact) mass is 3430 g/mol. The van der Waals surface area contributed by atoms with Crippen molar-refractivity contribution in [1.82, 2.24) is 26.2 Å². The van der Waals surface area contributed by atoms with Gasteiger partial charge >= 0.3 is 23.5 Å². The number of methoxy groups -OCH3 is 3. The molecular weight excluding hydrogens is 3310 g/mol. The number of carbonyl (C=O) groups excluding carboxylic acids is 10. The van der Waals surface area contributed by atoms with Gasteiger partial charge in [0.1, 0.15) is 0 Å². The smallest absolute Gasteiger partial charge is 0.407 e. The van der Waals surface area contributed by atoms with Crippen LogP contribution >= 0.6 is 23.2 Å². The number of imide groups is 2. The number of nitrogens with one attached hydrogen (secondary N) is 4. The zero-order valence-corrected chi connectivity index (χ0v) is 113. The molecule has 0 saturated carbocycles. The number of ether oxygens (including phenoxy) is 3. The van der Waals surface area contributed by atoms with Gasteiger partial charge in [0.25, 0.3) is 29.6 Å². The number of hydrogen-bond donors (Lipinski definition) is 10. The van der Waals surface area contributed by atoms with E-state index in [1.54, 1.807) is 140 Å². The van der Waals surface area contributed by atoms with Crippen LogP contribution in [0.2, 0.25) is 0 Å². The van der Waals surface area contributed by atoms with Crippen LogP contribution < -0.4 is 44.4 Å². The number of carboxylic acids is 1. The van der Waals surface area contributed by atoms with Crippen LogP contribution in [0.3, 0.4) is 0 Å². The summed E-state index contributed by atoms with van der Waals surface area (Å²) in [6.07, 6.45) is -0.120. The van der Waals surface area contributed by atoms with E-state index in [0.29, 0.717) is 63.3 Å². The summed E-state index contributed by atoms with van der Waals surface area (Å²) < 4.78 is 160. The predicted octanol–water partition coefficient (Wildman–Crippen LogP) is 13.9. The molecule has 0 spiro atoms. The summed E-state index contributed by atoms with van der Waals surface area (Å²) in [7, 11) is 5.19. The number of aliphatic hydroxyl groups excluding tert-OH is 1. The molecule has 39 nitrogen and oxygen atoms in total. The van der Waals surface area contributed by atoms with Gasteiger partial charge in [-0.3, -0.25) is 84.9 Å². The molecule has 2 aliphatic heterocycles. The number of amides is 8. The molecule has 0 aliphatic carbocycles. The summed E-state index contributed by atoms with van der Waals surface area (Å²) in [6, 6.07) is 56.9. The number of carboxylic acid groups (broad SMARTS) is 1. The maximum Gasteiger partial charge on any atom is 0.407 e. The molecule has 2 heterocycles. The summed E-state index contributed by atoms with van der Waals surface area (Å²) >= 11 is -6.13. The number of carbonyl (C=O) groups is 11. The molecule has 14 N–H and O–H groups in total. The largest absolute Gasteiger partial charge is 0.768 e. The fourth-order valence-corrected chi connectivity index (χ4v) is 11.6. The van der Waals surface area contributed by atoms with Gasteiger partial charge in [-0.1, -0.05) is 207 Å². The standard InChI is InChI=1S/C15H11NO4S.C9H11NO4S.C9H11NO3S.C8H5NO2.C8H8O4S.C7H9NO2S.C7H8O3S.C7H8O2S.C3H5ClO.C2H3ClO2.C2H6N2O.C2H4O2.7C2H6.H4N2.7W/c17-14-12-6-1-2-7-13(12)15(18)16(14)9-10-4-3-5-11(8-10)21(19)20;1-14-9(11)10-6-7-3-2-4-8(5-7)15(12)13;1-7(11)10-6-8-3-2-4-9(5-8)14(12)13;10-7-5-3-1-2-4-6(5)8(11)9-7;1-12-8(9)6-3-2-4-7(5-6)13(10)11;2*8-5-6-2-1-3-7(4-6)11(9)10;1-6-3-2-4-7(5-6)10(8)9;1-2-3(4)5;1-5-2(3)4;1-4-2(3)5;1-2(3)4;8*1-2;;;;;;;/h1-8H,9H2,(H,19,20);2-5H,6H2,1H3,(H,10,11)(H,12,13);2-5H,6H2,1H3,(H,10,11)(H,12,13);1-4H,(H,9,10,11);2-5H,1H3,(H,10,11);1-4H,5,8H2,(H,9,10);1-4,8H,5H2,(H,9,10);2-5H,1H3,(H,8,9);2H2,1H3;1H3;1H3,(H3,3,4,5);1H3,(H,3,4);7*1-2H3;1-2H2;;;;;;;/p-7. The maximum atomic E-state index is 12.2. The summed E-state index contributed by atoms with van der Waals surface area (Å²) in [6.45, 7) is 34.9. The van der Waals surface area contributed by atoms with Crippen LogP contribution in [0.25, 0.3) is 0 Å². The number of halogens is 2. The molecule has 0 bridgehead atoms. The summed E-state index contributed by atoms with van der Waals surface area (Å²) in [5, 5.41) is 25.2. The van der Waals surface area contributed by atoms with E-state index in [1.807, 2.05) is 110 Å². The Labute approximate surface area is 995 Å². The molecule has 0 fully saturated rings. The van der Waals surface area contributed by atoms with Crippen molar-refractivity contribution in [3.05, 3.63) is 280 Å². The van der Waals surface area contributed by atoms with Gasteiger partial charge in [-0.25, -0.2) is 19.2 Å². The van der Waals surface area contributed by atoms with Gasteiger partial charge in [0, 0.05) is 240 Å². The van der Waals surface area contributed by atoms with E-state index in [2.05, 4.69) is 64.5 Å². The van der Waals surface area contributed by atoms with Gasteiger partial charge in [-0.2, -0.15) is 0 Å². The Hall–Kier alpha value is -6.64. The number of fused-ring (bicyclic) bond motifs is 2. The summed E-state index contributed by atoms with van der Waals surface area (Å²) in [5.41, 5.74) is 15.5. The average molecular weight is 3430 g/mol. The second kappa shape index (κ2) is 116. The third-order valence-corrected chi connectivity index (χ3v) is 19.1. The molecule has 7 atom stereocenters. The maximum absolute atomic E-state index is 12.2. The average Bonchev–Trinajstić information content (AvgIpc) is 1.63. The van der Waals surface area contributed by atoms with Crippen molar-refractivity contribution < 1.29 is 286 Å². The van der Waals surface area contributed by atoms with Crippen molar-refractivity contribution in [1.29, 1.82) is 0 Å². The Morgan fingerprint density at radius 3 is 0.926 bits per heavy atom. The Bertz CT molecular complexity index is 5180. The van der Waals surface area contributed by atoms with Crippen molar-refractivity contribution >= 4 is 165 Å². The molecule has 8 amide bonds. The number of aryl methyl sites for hydroxylation is 1. The second-order valence-electron chi connectivity index (χ2n) is 23.2. The first kappa shape index (κ1) is 177. The molecular formula is C93H128Cl2N9O30S7W7-7. The molecule has 0 aromatic heterocycles. The Morgan fingerprint density at radius 2 is 0.662 bits per heavy atom. The molecule has 2 aliphatic rings. The minimum atomic E-state index is -2.34. The van der Waals surface area contributed by atoms with Gasteiger partial charge < -0.3 is 83.7 Å². The SMILES string of the molecule is CC.CC.CC.CC.CC.CC.CC.CC(=O)NCc1cccc(S(=O)[O-])c1.CC(=O)O.CCC(=O)Cl.CNC(N)=O.COC(=O)Cl.COC(=O)NCc1cccc(S(=O)[O-])c1.COC(=O)c1cccc(S(=O)[O-])c1.Cc1cccc(S(=O)[O-])c1.NCc1cccc(S(=O)[O-])c1.NN.O=C1NC(=O)c2ccccc21.O=C1c2ccccc2C(=O)N1Cc1cccc(S(=O)[O-])c1.O=S([O-])c1cccc(CO)c1.[W].[W].[W].[W].[W].[W].[W]. The van der Waals surface area contributed by atoms with Crippen LogP contribution in [-0.4, -0.2) is 169 Å². The minimum Gasteiger partial charge on any atom is -0.768 e. The van der Waals surface area contributed by atoms with Crippen LogP contribution in [0, 0.1) is 6.92 Å². The molecule has 7 unspecified atom stereocenters. The fourth-order valence-electron chi connectivity index (χ4n) is 8.51. The minimum absolute atomic E-state index is 0. The number of aliphatic carboxylic acids is 1. The van der Waals surface area contributed by atoms with Crippen LogP contribution in [0.1, 0.15) is 209 Å². The van der Waals surface area contributed by atoms with E-state index in [4.69, 9.17) is 32.3 Å². The van der Waals surface area contributed by atoms with Crippen molar-refractivity contribution in [2.45, 2.75) is 198 Å². The van der Waals surface area contributed by atoms with E-state index in [9.17, 15) is 109 Å². The van der Waals surface area contributed by atoms with E-state index in [1.165, 1.54) is 114 Å². The number of primary amides is 1. The molecule has 0 saturated heterocycles. The number of urea groups is 1. The number of rotatable bonds is 17. The molecule has 148 heavy (non-hydrogen) atoms. The zero-order valence-electron chi connectivity index (χ0n) is 85.1. The Balaban J connectivity index is -0.0000000919. The van der Waals surface area contributed by atoms with E-state index >= 15 is 0 Å². The number of hydrogen-bond acceptors (Lipinski definition) is 32. The van der Waals surface area contributed by atoms with Gasteiger partial charge in [0.15, 0.2) is 0 Å². The summed E-state index contributed by atoms with van der Waals surface area (Å²) in [5.74, 6) is 5.16. The predicted molar refractivity (Wildman–Crippen MR) is 540 cm³/mol. The van der Waals surface area contributed by atoms with Crippen molar-refractivity contribution in [2.24, 2.45) is 23.2 Å². The first-order valence-electron chi connectivity index (χ1n) is 42.0. The third-order valence-electron chi connectivity index (χ3n) is 14.2. The number of esters is 1. The van der Waals surface area contributed by atoms with E-state index in [0.717, 1.165) is 28.5 Å². The van der Waals surface area contributed by atoms with Gasteiger partial charge in [-0.05, 0) is 245 Å². The second-order valence-corrected chi connectivity index (χ2v) is 30.5. The van der Waals surface area contributed by atoms with Crippen molar-refractivity contribution in [3.8, 4) is 0 Å². The normalized spacial score (nSPS) is 10.7. The van der Waals surface area contributed by atoms with Gasteiger partial charge in [-0.15, -0.1) is 0 Å². The van der Waals surface area contributed by atoms with Crippen LogP contribution in [-0.2, 0) is 286 Å². The molecule has 55 heteroatoms. The molecule has 0 radical (unpaired) electrons. The van der Waals surface area contributed by atoms with Crippen LogP contribution in [0.5, 0.6) is 0 Å². The van der Waals surface area contributed by atoms with Gasteiger partial charge in [0.05, 0.1) is 62.3 Å².